The molecule has 0 spiro atoms. The lowest BCUT2D eigenvalue weighted by Gasteiger charge is -2.21. The molecule has 0 atom stereocenters. The van der Waals surface area contributed by atoms with Crippen molar-refractivity contribution >= 4 is 22.9 Å². The number of nitrogens with one attached hydrogen (secondary N) is 1. The fourth-order valence-corrected chi connectivity index (χ4v) is 2.94. The van der Waals surface area contributed by atoms with E-state index in [1.165, 1.54) is 11.1 Å². The number of aromatic amines is 1. The zero-order valence-electron chi connectivity index (χ0n) is 11.6. The number of aromatic nitrogens is 4. The Balaban J connectivity index is 1.72. The first-order valence-electron chi connectivity index (χ1n) is 7.09. The van der Waals surface area contributed by atoms with Crippen LogP contribution >= 0.6 is 0 Å². The summed E-state index contributed by atoms with van der Waals surface area (Å²) in [6.07, 6.45) is 3.65. The van der Waals surface area contributed by atoms with Crippen LogP contribution in [0.5, 0.6) is 0 Å². The second kappa shape index (κ2) is 4.73. The van der Waals surface area contributed by atoms with Gasteiger partial charge in [0.15, 0.2) is 11.5 Å². The summed E-state index contributed by atoms with van der Waals surface area (Å²) in [6, 6.07) is 8.62. The molecule has 0 amide bonds. The molecule has 6 heteroatoms. The van der Waals surface area contributed by atoms with Crippen molar-refractivity contribution in [1.82, 2.24) is 19.9 Å². The van der Waals surface area contributed by atoms with Gasteiger partial charge in [0.05, 0.1) is 6.33 Å². The largest absolute Gasteiger partial charge is 0.368 e. The number of hydrogen-bond acceptors (Lipinski definition) is 5. The Morgan fingerprint density at radius 3 is 2.48 bits per heavy atom. The van der Waals surface area contributed by atoms with Crippen LogP contribution in [-0.4, -0.2) is 33.0 Å². The quantitative estimate of drug-likeness (QED) is 0.706. The van der Waals surface area contributed by atoms with Crippen LogP contribution in [0, 0.1) is 0 Å². The molecule has 3 heterocycles. The van der Waals surface area contributed by atoms with Crippen molar-refractivity contribution in [3.8, 4) is 0 Å². The maximum atomic E-state index is 5.81. The van der Waals surface area contributed by atoms with Crippen molar-refractivity contribution < 1.29 is 0 Å². The van der Waals surface area contributed by atoms with Gasteiger partial charge in [-0.3, -0.25) is 0 Å². The molecule has 1 aromatic carbocycles. The normalized spacial score (nSPS) is 15.0. The molecule has 2 aromatic heterocycles. The minimum Gasteiger partial charge on any atom is -0.368 e. The Hall–Kier alpha value is -2.63. The molecule has 0 fully saturated rings. The van der Waals surface area contributed by atoms with Crippen LogP contribution in [0.3, 0.4) is 0 Å². The van der Waals surface area contributed by atoms with Gasteiger partial charge in [0, 0.05) is 13.1 Å². The maximum Gasteiger partial charge on any atom is 0.224 e. The number of rotatable bonds is 1. The van der Waals surface area contributed by atoms with E-state index >= 15 is 0 Å². The van der Waals surface area contributed by atoms with Crippen molar-refractivity contribution in [1.29, 1.82) is 0 Å². The topological polar surface area (TPSA) is 83.7 Å². The number of nitrogens with two attached hydrogens (primary N) is 1. The Labute approximate surface area is 122 Å². The van der Waals surface area contributed by atoms with Gasteiger partial charge in [0.2, 0.25) is 5.95 Å². The van der Waals surface area contributed by atoms with Gasteiger partial charge in [-0.15, -0.1) is 0 Å². The van der Waals surface area contributed by atoms with Crippen molar-refractivity contribution in [2.24, 2.45) is 0 Å². The first kappa shape index (κ1) is 12.1. The summed E-state index contributed by atoms with van der Waals surface area (Å²) in [5.74, 6) is 1.12. The number of benzene rings is 1. The number of hydrogen-bond donors (Lipinski definition) is 2. The van der Waals surface area contributed by atoms with E-state index in [2.05, 4.69) is 49.1 Å². The molecular weight excluding hydrogens is 264 g/mol. The second-order valence-corrected chi connectivity index (χ2v) is 5.26. The molecule has 0 aliphatic carbocycles. The van der Waals surface area contributed by atoms with Crippen LogP contribution in [0.1, 0.15) is 11.1 Å². The number of H-pyrrole nitrogens is 1. The van der Waals surface area contributed by atoms with Gasteiger partial charge in [-0.1, -0.05) is 24.3 Å². The van der Waals surface area contributed by atoms with E-state index in [0.29, 0.717) is 5.65 Å². The van der Waals surface area contributed by atoms with Gasteiger partial charge in [0.25, 0.3) is 0 Å². The minimum atomic E-state index is 0.270. The van der Waals surface area contributed by atoms with Crippen molar-refractivity contribution in [3.63, 3.8) is 0 Å². The van der Waals surface area contributed by atoms with Crippen LogP contribution in [0.15, 0.2) is 30.6 Å². The van der Waals surface area contributed by atoms with Gasteiger partial charge in [-0.05, 0) is 24.0 Å². The molecule has 6 nitrogen and oxygen atoms in total. The van der Waals surface area contributed by atoms with E-state index in [-0.39, 0.29) is 5.95 Å². The van der Waals surface area contributed by atoms with E-state index in [9.17, 15) is 0 Å². The average Bonchev–Trinajstić information content (AvgIpc) is 2.85. The molecule has 1 aliphatic heterocycles. The van der Waals surface area contributed by atoms with E-state index in [1.54, 1.807) is 6.33 Å². The van der Waals surface area contributed by atoms with E-state index < -0.39 is 0 Å². The molecule has 21 heavy (non-hydrogen) atoms. The molecular formula is C15H16N6. The zero-order valence-corrected chi connectivity index (χ0v) is 11.6. The lowest BCUT2D eigenvalue weighted by Crippen LogP contribution is -2.27. The van der Waals surface area contributed by atoms with Crippen LogP contribution < -0.4 is 10.6 Å². The molecule has 106 valence electrons. The first-order valence-corrected chi connectivity index (χ1v) is 7.09. The molecule has 0 unspecified atom stereocenters. The standard InChI is InChI=1S/C15H16N6/c16-15-19-13-12(17-9-18-13)14(20-15)21-7-5-10-3-1-2-4-11(10)6-8-21/h1-4,9H,5-8H2,(H3,16,17,18,19,20). The van der Waals surface area contributed by atoms with Crippen molar-refractivity contribution in [3.05, 3.63) is 41.7 Å². The Kier molecular flexibility index (Phi) is 2.73. The average molecular weight is 280 g/mol. The van der Waals surface area contributed by atoms with Gasteiger partial charge < -0.3 is 15.6 Å². The zero-order chi connectivity index (χ0) is 14.2. The summed E-state index contributed by atoms with van der Waals surface area (Å²) >= 11 is 0. The third-order valence-corrected chi connectivity index (χ3v) is 4.00. The number of anilines is 2. The molecule has 0 saturated carbocycles. The van der Waals surface area contributed by atoms with Crippen molar-refractivity contribution in [2.45, 2.75) is 12.8 Å². The summed E-state index contributed by atoms with van der Waals surface area (Å²) in [6.45, 7) is 1.84. The number of fused-ring (bicyclic) bond motifs is 2. The fraction of sp³-hybridized carbons (Fsp3) is 0.267. The fourth-order valence-electron chi connectivity index (χ4n) is 2.94. The Morgan fingerprint density at radius 1 is 1.05 bits per heavy atom. The predicted octanol–water partition coefficient (Wildman–Crippen LogP) is 1.54. The summed E-state index contributed by atoms with van der Waals surface area (Å²) in [7, 11) is 0. The lowest BCUT2D eigenvalue weighted by molar-refractivity contribution is 0.793. The van der Waals surface area contributed by atoms with Crippen LogP contribution in [0.2, 0.25) is 0 Å². The van der Waals surface area contributed by atoms with Gasteiger partial charge in [-0.25, -0.2) is 4.98 Å². The van der Waals surface area contributed by atoms with Gasteiger partial charge in [-0.2, -0.15) is 9.97 Å². The summed E-state index contributed by atoms with van der Waals surface area (Å²) < 4.78 is 0. The summed E-state index contributed by atoms with van der Waals surface area (Å²) in [5, 5.41) is 0. The Bertz CT molecular complexity index is 767. The summed E-state index contributed by atoms with van der Waals surface area (Å²) in [4.78, 5) is 18.1. The molecule has 0 saturated heterocycles. The van der Waals surface area contributed by atoms with E-state index in [0.717, 1.165) is 37.3 Å². The lowest BCUT2D eigenvalue weighted by atomic mass is 10.0. The van der Waals surface area contributed by atoms with Crippen LogP contribution in [0.25, 0.3) is 11.2 Å². The molecule has 4 rings (SSSR count). The highest BCUT2D eigenvalue weighted by molar-refractivity contribution is 5.84. The first-order chi connectivity index (χ1) is 10.3. The highest BCUT2D eigenvalue weighted by atomic mass is 15.2. The van der Waals surface area contributed by atoms with Gasteiger partial charge >= 0.3 is 0 Å². The smallest absolute Gasteiger partial charge is 0.224 e. The molecule has 3 N–H and O–H groups in total. The third-order valence-electron chi connectivity index (χ3n) is 4.00. The van der Waals surface area contributed by atoms with Gasteiger partial charge in [0.1, 0.15) is 5.52 Å². The third kappa shape index (κ3) is 2.08. The number of imidazole rings is 1. The Morgan fingerprint density at radius 2 is 1.76 bits per heavy atom. The highest BCUT2D eigenvalue weighted by Crippen LogP contribution is 2.25. The van der Waals surface area contributed by atoms with Crippen LogP contribution in [0.4, 0.5) is 11.8 Å². The van der Waals surface area contributed by atoms with Crippen molar-refractivity contribution in [2.75, 3.05) is 23.7 Å². The minimum absolute atomic E-state index is 0.270. The number of nitrogens with zero attached hydrogens (tertiary/aromatic N) is 4. The molecule has 0 bridgehead atoms. The molecule has 3 aromatic rings. The van der Waals surface area contributed by atoms with E-state index in [4.69, 9.17) is 5.73 Å². The molecule has 1 aliphatic rings. The van der Waals surface area contributed by atoms with Crippen LogP contribution in [-0.2, 0) is 12.8 Å². The predicted molar refractivity (Wildman–Crippen MR) is 82.2 cm³/mol. The SMILES string of the molecule is Nc1nc(N2CCc3ccccc3CC2)c2[nH]cnc2n1. The van der Waals surface area contributed by atoms with E-state index in [1.807, 2.05) is 0 Å². The highest BCUT2D eigenvalue weighted by Gasteiger charge is 2.19. The second-order valence-electron chi connectivity index (χ2n) is 5.26. The molecule has 0 radical (unpaired) electrons. The maximum absolute atomic E-state index is 5.81. The monoisotopic (exact) mass is 280 g/mol. The summed E-state index contributed by atoms with van der Waals surface area (Å²) in [5.41, 5.74) is 10.1. The number of nitrogen functional groups attached to an aromatic ring is 1.